The summed E-state index contributed by atoms with van der Waals surface area (Å²) in [7, 11) is 0. The zero-order chi connectivity index (χ0) is 13.1. The summed E-state index contributed by atoms with van der Waals surface area (Å²) in [5, 5.41) is 3.40. The summed E-state index contributed by atoms with van der Waals surface area (Å²) in [6.45, 7) is 10.1. The van der Waals surface area contributed by atoms with E-state index in [-0.39, 0.29) is 0 Å². The molecule has 19 heavy (non-hydrogen) atoms. The Bertz CT molecular complexity index is 269. The van der Waals surface area contributed by atoms with Gasteiger partial charge in [-0.1, -0.05) is 26.2 Å². The van der Waals surface area contributed by atoms with Crippen molar-refractivity contribution in [2.75, 3.05) is 39.3 Å². The van der Waals surface area contributed by atoms with Crippen molar-refractivity contribution in [1.29, 1.82) is 0 Å². The summed E-state index contributed by atoms with van der Waals surface area (Å²) in [5.41, 5.74) is 0. The lowest BCUT2D eigenvalue weighted by Gasteiger charge is -2.45. The monoisotopic (exact) mass is 265 g/mol. The van der Waals surface area contributed by atoms with Crippen LogP contribution >= 0.6 is 0 Å². The topological polar surface area (TPSA) is 18.5 Å². The molecule has 110 valence electrons. The summed E-state index contributed by atoms with van der Waals surface area (Å²) in [6, 6.07) is 1.75. The zero-order valence-corrected chi connectivity index (χ0v) is 12.6. The first kappa shape index (κ1) is 13.8. The molecule has 3 rings (SSSR count). The smallest absolute Gasteiger partial charge is 0.0346 e. The largest absolute Gasteiger partial charge is 0.314 e. The molecule has 1 saturated carbocycles. The molecular weight excluding hydrogens is 234 g/mol. The Hall–Kier alpha value is -0.120. The lowest BCUT2D eigenvalue weighted by Crippen LogP contribution is -2.62. The highest BCUT2D eigenvalue weighted by atomic mass is 15.3. The average molecular weight is 265 g/mol. The first-order chi connectivity index (χ1) is 9.36. The first-order valence-electron chi connectivity index (χ1n) is 8.55. The van der Waals surface area contributed by atoms with Crippen LogP contribution in [0.3, 0.4) is 0 Å². The van der Waals surface area contributed by atoms with Crippen molar-refractivity contribution in [3.05, 3.63) is 0 Å². The number of nitrogens with one attached hydrogen (secondary N) is 1. The van der Waals surface area contributed by atoms with Crippen LogP contribution in [-0.2, 0) is 0 Å². The molecule has 2 heterocycles. The minimum absolute atomic E-state index is 0.848. The van der Waals surface area contributed by atoms with Gasteiger partial charge in [-0.25, -0.2) is 0 Å². The number of hydrogen-bond acceptors (Lipinski definition) is 3. The van der Waals surface area contributed by atoms with Gasteiger partial charge in [0.05, 0.1) is 0 Å². The predicted molar refractivity (Wildman–Crippen MR) is 80.5 cm³/mol. The van der Waals surface area contributed by atoms with E-state index >= 15 is 0 Å². The molecule has 2 aliphatic heterocycles. The molecule has 3 nitrogen and oxygen atoms in total. The van der Waals surface area contributed by atoms with E-state index in [1.165, 1.54) is 77.8 Å². The summed E-state index contributed by atoms with van der Waals surface area (Å²) in [5.74, 6) is 1.02. The highest BCUT2D eigenvalue weighted by molar-refractivity contribution is 4.89. The molecule has 0 aromatic carbocycles. The number of rotatable bonds is 3. The van der Waals surface area contributed by atoms with Gasteiger partial charge >= 0.3 is 0 Å². The Morgan fingerprint density at radius 2 is 1.53 bits per heavy atom. The van der Waals surface area contributed by atoms with Crippen molar-refractivity contribution in [3.63, 3.8) is 0 Å². The fourth-order valence-corrected chi connectivity index (χ4v) is 4.13. The molecular formula is C16H31N3. The molecule has 0 amide bonds. The van der Waals surface area contributed by atoms with E-state index in [1.807, 2.05) is 0 Å². The second-order valence-corrected chi connectivity index (χ2v) is 6.82. The molecule has 2 unspecified atom stereocenters. The van der Waals surface area contributed by atoms with E-state index in [2.05, 4.69) is 22.0 Å². The van der Waals surface area contributed by atoms with Crippen LogP contribution in [0.1, 0.15) is 45.4 Å². The summed E-state index contributed by atoms with van der Waals surface area (Å²) >= 11 is 0. The fourth-order valence-electron chi connectivity index (χ4n) is 4.13. The van der Waals surface area contributed by atoms with E-state index in [1.54, 1.807) is 0 Å². The average Bonchev–Trinajstić information content (AvgIpc) is 2.63. The molecule has 2 atom stereocenters. The van der Waals surface area contributed by atoms with Crippen LogP contribution in [-0.4, -0.2) is 61.2 Å². The van der Waals surface area contributed by atoms with Crippen LogP contribution in [0, 0.1) is 5.92 Å². The molecule has 3 aliphatic rings. The van der Waals surface area contributed by atoms with Gasteiger partial charge in [0, 0.05) is 51.4 Å². The first-order valence-corrected chi connectivity index (χ1v) is 8.55. The van der Waals surface area contributed by atoms with Crippen molar-refractivity contribution in [2.24, 2.45) is 5.92 Å². The van der Waals surface area contributed by atoms with Crippen LogP contribution in [0.25, 0.3) is 0 Å². The maximum Gasteiger partial charge on any atom is 0.0346 e. The Morgan fingerprint density at radius 1 is 0.842 bits per heavy atom. The number of piperazine rings is 1. The van der Waals surface area contributed by atoms with Crippen molar-refractivity contribution >= 4 is 0 Å². The maximum absolute atomic E-state index is 3.40. The Morgan fingerprint density at radius 3 is 2.11 bits per heavy atom. The van der Waals surface area contributed by atoms with E-state index in [0.717, 1.165) is 18.0 Å². The van der Waals surface area contributed by atoms with Gasteiger partial charge in [0.1, 0.15) is 0 Å². The highest BCUT2D eigenvalue weighted by Gasteiger charge is 2.30. The molecule has 1 aliphatic carbocycles. The van der Waals surface area contributed by atoms with Gasteiger partial charge in [0.25, 0.3) is 0 Å². The molecule has 3 heteroatoms. The van der Waals surface area contributed by atoms with E-state index in [0.29, 0.717) is 0 Å². The maximum atomic E-state index is 3.40. The minimum atomic E-state index is 0.848. The van der Waals surface area contributed by atoms with Gasteiger partial charge < -0.3 is 5.32 Å². The Kier molecular flexibility index (Phi) is 4.78. The van der Waals surface area contributed by atoms with Crippen LogP contribution in [0.5, 0.6) is 0 Å². The minimum Gasteiger partial charge on any atom is -0.314 e. The van der Waals surface area contributed by atoms with Crippen molar-refractivity contribution in [1.82, 2.24) is 15.1 Å². The molecule has 0 aromatic heterocycles. The molecule has 3 fully saturated rings. The molecule has 2 saturated heterocycles. The number of hydrogen-bond donors (Lipinski definition) is 1. The van der Waals surface area contributed by atoms with E-state index in [9.17, 15) is 0 Å². The second-order valence-electron chi connectivity index (χ2n) is 6.82. The molecule has 0 bridgehead atoms. The van der Waals surface area contributed by atoms with Crippen LogP contribution in [0.2, 0.25) is 0 Å². The third-order valence-corrected chi connectivity index (χ3v) is 5.78. The van der Waals surface area contributed by atoms with Crippen LogP contribution in [0.15, 0.2) is 0 Å². The van der Waals surface area contributed by atoms with Gasteiger partial charge in [-0.15, -0.1) is 0 Å². The lowest BCUT2D eigenvalue weighted by molar-refractivity contribution is 0.0476. The Balaban J connectivity index is 1.45. The van der Waals surface area contributed by atoms with Gasteiger partial charge in [-0.05, 0) is 25.2 Å². The normalized spacial score (nSPS) is 35.8. The van der Waals surface area contributed by atoms with E-state index in [4.69, 9.17) is 0 Å². The second kappa shape index (κ2) is 6.55. The lowest BCUT2D eigenvalue weighted by atomic mass is 9.97. The Labute approximate surface area is 118 Å². The number of nitrogens with zero attached hydrogens (tertiary/aromatic N) is 2. The molecule has 1 N–H and O–H groups in total. The summed E-state index contributed by atoms with van der Waals surface area (Å²) in [4.78, 5) is 5.51. The van der Waals surface area contributed by atoms with Gasteiger partial charge in [0.15, 0.2) is 0 Å². The van der Waals surface area contributed by atoms with E-state index < -0.39 is 0 Å². The SMILES string of the molecule is CCC1CCCC(N2CCN(C3CNC3)CC2)CC1. The van der Waals surface area contributed by atoms with Gasteiger partial charge in [-0.2, -0.15) is 0 Å². The fraction of sp³-hybridized carbons (Fsp3) is 1.00. The third-order valence-electron chi connectivity index (χ3n) is 5.78. The molecule has 0 radical (unpaired) electrons. The zero-order valence-electron chi connectivity index (χ0n) is 12.6. The molecule has 0 aromatic rings. The quantitative estimate of drug-likeness (QED) is 0.787. The standard InChI is InChI=1S/C16H31N3/c1-2-14-4-3-5-15(7-6-14)18-8-10-19(11-9-18)16-12-17-13-16/h14-17H,2-13H2,1H3. The summed E-state index contributed by atoms with van der Waals surface area (Å²) < 4.78 is 0. The van der Waals surface area contributed by atoms with Crippen molar-refractivity contribution in [2.45, 2.75) is 57.5 Å². The summed E-state index contributed by atoms with van der Waals surface area (Å²) in [6.07, 6.45) is 8.75. The van der Waals surface area contributed by atoms with Crippen molar-refractivity contribution < 1.29 is 0 Å². The van der Waals surface area contributed by atoms with Crippen molar-refractivity contribution in [3.8, 4) is 0 Å². The highest BCUT2D eigenvalue weighted by Crippen LogP contribution is 2.28. The van der Waals surface area contributed by atoms with Gasteiger partial charge in [0.2, 0.25) is 0 Å². The van der Waals surface area contributed by atoms with Gasteiger partial charge in [-0.3, -0.25) is 9.80 Å². The van der Waals surface area contributed by atoms with Crippen LogP contribution in [0.4, 0.5) is 0 Å². The third kappa shape index (κ3) is 3.32. The van der Waals surface area contributed by atoms with Crippen LogP contribution < -0.4 is 5.32 Å². The predicted octanol–water partition coefficient (Wildman–Crippen LogP) is 1.93. The molecule has 0 spiro atoms.